The van der Waals surface area contributed by atoms with Crippen LogP contribution in [0.2, 0.25) is 0 Å². The number of aliphatic hydroxyl groups is 1. The largest absolute Gasteiger partial charge is 0.496 e. The monoisotopic (exact) mass is 314 g/mol. The maximum atomic E-state index is 10.7. The fourth-order valence-electron chi connectivity index (χ4n) is 3.26. The number of ether oxygens (including phenoxy) is 2. The van der Waals surface area contributed by atoms with Gasteiger partial charge in [0.25, 0.3) is 0 Å². The van der Waals surface area contributed by atoms with E-state index in [-0.39, 0.29) is 11.7 Å². The molecule has 2 unspecified atom stereocenters. The molecule has 0 radical (unpaired) electrons. The Labute approximate surface area is 128 Å². The van der Waals surface area contributed by atoms with Gasteiger partial charge in [-0.1, -0.05) is 0 Å². The topological polar surface area (TPSA) is 38.7 Å². The number of rotatable bonds is 3. The lowest BCUT2D eigenvalue weighted by Gasteiger charge is -2.44. The molecule has 3 nitrogen and oxygen atoms in total. The molecule has 20 heavy (non-hydrogen) atoms. The summed E-state index contributed by atoms with van der Waals surface area (Å²) in [5, 5.41) is 12.6. The van der Waals surface area contributed by atoms with Crippen molar-refractivity contribution in [3.8, 4) is 5.75 Å². The molecule has 5 heteroatoms. The first-order chi connectivity index (χ1) is 9.72. The Morgan fingerprint density at radius 1 is 1.45 bits per heavy atom. The zero-order valence-electron chi connectivity index (χ0n) is 11.8. The lowest BCUT2D eigenvalue weighted by Crippen LogP contribution is -2.44. The average Bonchev–Trinajstić information content (AvgIpc) is 2.96. The van der Waals surface area contributed by atoms with Crippen molar-refractivity contribution in [1.82, 2.24) is 0 Å². The Bertz CT molecular complexity index is 435. The summed E-state index contributed by atoms with van der Waals surface area (Å²) in [6.07, 6.45) is 3.84. The SMILES string of the molecule is COc1csc(C(O)C2CCOC3(CCSCC3)C2)c1. The van der Waals surface area contributed by atoms with Gasteiger partial charge in [0.2, 0.25) is 0 Å². The highest BCUT2D eigenvalue weighted by molar-refractivity contribution is 7.99. The van der Waals surface area contributed by atoms with E-state index >= 15 is 0 Å². The summed E-state index contributed by atoms with van der Waals surface area (Å²) in [4.78, 5) is 1.02. The van der Waals surface area contributed by atoms with Crippen LogP contribution >= 0.6 is 23.1 Å². The molecule has 0 amide bonds. The summed E-state index contributed by atoms with van der Waals surface area (Å²) in [7, 11) is 1.67. The van der Waals surface area contributed by atoms with Crippen LogP contribution in [0.4, 0.5) is 0 Å². The van der Waals surface area contributed by atoms with Crippen LogP contribution < -0.4 is 4.74 Å². The Morgan fingerprint density at radius 3 is 2.95 bits per heavy atom. The standard InChI is InChI=1S/C15H22O3S2/c1-17-12-8-13(20-10-12)14(16)11-2-5-18-15(9-11)3-6-19-7-4-15/h8,10-11,14,16H,2-7,9H2,1H3. The quantitative estimate of drug-likeness (QED) is 0.927. The lowest BCUT2D eigenvalue weighted by molar-refractivity contribution is -0.120. The molecule has 2 aliphatic heterocycles. The summed E-state index contributed by atoms with van der Waals surface area (Å²) in [6, 6.07) is 1.97. The molecule has 2 fully saturated rings. The van der Waals surface area contributed by atoms with Crippen LogP contribution in [0.25, 0.3) is 0 Å². The minimum Gasteiger partial charge on any atom is -0.496 e. The highest BCUT2D eigenvalue weighted by Crippen LogP contribution is 2.44. The number of hydrogen-bond acceptors (Lipinski definition) is 5. The van der Waals surface area contributed by atoms with Crippen molar-refractivity contribution in [1.29, 1.82) is 0 Å². The molecule has 0 aliphatic carbocycles. The molecule has 2 saturated heterocycles. The normalized spacial score (nSPS) is 27.4. The minimum absolute atomic E-state index is 0.0382. The van der Waals surface area contributed by atoms with Gasteiger partial charge in [0.1, 0.15) is 5.75 Å². The first-order valence-corrected chi connectivity index (χ1v) is 9.28. The molecule has 112 valence electrons. The first-order valence-electron chi connectivity index (χ1n) is 7.25. The van der Waals surface area contributed by atoms with E-state index in [1.807, 2.05) is 23.2 Å². The number of thioether (sulfide) groups is 1. The maximum absolute atomic E-state index is 10.7. The van der Waals surface area contributed by atoms with Gasteiger partial charge in [0, 0.05) is 16.9 Å². The Kier molecular flexibility index (Phi) is 4.60. The van der Waals surface area contributed by atoms with Crippen molar-refractivity contribution in [2.24, 2.45) is 5.92 Å². The van der Waals surface area contributed by atoms with Gasteiger partial charge < -0.3 is 14.6 Å². The third-order valence-corrected chi connectivity index (χ3v) is 6.47. The van der Waals surface area contributed by atoms with E-state index in [2.05, 4.69) is 0 Å². The van der Waals surface area contributed by atoms with E-state index < -0.39 is 0 Å². The molecule has 1 aromatic heterocycles. The fraction of sp³-hybridized carbons (Fsp3) is 0.733. The molecule has 2 atom stereocenters. The molecule has 1 spiro atoms. The van der Waals surface area contributed by atoms with Crippen LogP contribution in [-0.4, -0.2) is 35.9 Å². The van der Waals surface area contributed by atoms with Crippen LogP contribution in [-0.2, 0) is 4.74 Å². The van der Waals surface area contributed by atoms with Crippen LogP contribution in [0.15, 0.2) is 11.4 Å². The predicted octanol–water partition coefficient (Wildman–Crippen LogP) is 3.48. The van der Waals surface area contributed by atoms with Crippen molar-refractivity contribution < 1.29 is 14.6 Å². The molecule has 0 aromatic carbocycles. The van der Waals surface area contributed by atoms with Crippen molar-refractivity contribution in [3.63, 3.8) is 0 Å². The van der Waals surface area contributed by atoms with Crippen LogP contribution in [0.5, 0.6) is 5.75 Å². The molecular weight excluding hydrogens is 292 g/mol. The zero-order valence-corrected chi connectivity index (χ0v) is 13.5. The van der Waals surface area contributed by atoms with Gasteiger partial charge in [0.05, 0.1) is 18.8 Å². The van der Waals surface area contributed by atoms with Gasteiger partial charge in [-0.2, -0.15) is 11.8 Å². The third kappa shape index (κ3) is 3.01. The fourth-order valence-corrected chi connectivity index (χ4v) is 5.43. The number of methoxy groups -OCH3 is 1. The summed E-state index contributed by atoms with van der Waals surface area (Å²) in [5.74, 6) is 3.54. The Hall–Kier alpha value is -0.230. The molecular formula is C15H22O3S2. The van der Waals surface area contributed by atoms with Crippen molar-refractivity contribution in [2.75, 3.05) is 25.2 Å². The summed E-state index contributed by atoms with van der Waals surface area (Å²) < 4.78 is 11.3. The van der Waals surface area contributed by atoms with Gasteiger partial charge in [-0.15, -0.1) is 11.3 Å². The van der Waals surface area contributed by atoms with Crippen molar-refractivity contribution in [2.45, 2.75) is 37.4 Å². The molecule has 2 aliphatic rings. The highest BCUT2D eigenvalue weighted by Gasteiger charge is 2.41. The smallest absolute Gasteiger partial charge is 0.129 e. The van der Waals surface area contributed by atoms with E-state index in [4.69, 9.17) is 9.47 Å². The zero-order chi connectivity index (χ0) is 14.0. The number of hydrogen-bond donors (Lipinski definition) is 1. The van der Waals surface area contributed by atoms with E-state index in [9.17, 15) is 5.11 Å². The van der Waals surface area contributed by atoms with Crippen molar-refractivity contribution >= 4 is 23.1 Å². The molecule has 1 aromatic rings. The summed E-state index contributed by atoms with van der Waals surface area (Å²) in [6.45, 7) is 0.787. The van der Waals surface area contributed by atoms with Crippen LogP contribution in [0, 0.1) is 5.92 Å². The summed E-state index contributed by atoms with van der Waals surface area (Å²) in [5.41, 5.74) is 0.0382. The Balaban J connectivity index is 1.69. The minimum atomic E-state index is -0.376. The van der Waals surface area contributed by atoms with Gasteiger partial charge in [-0.05, 0) is 49.2 Å². The third-order valence-electron chi connectivity index (χ3n) is 4.50. The van der Waals surface area contributed by atoms with E-state index in [0.29, 0.717) is 5.92 Å². The van der Waals surface area contributed by atoms with E-state index in [0.717, 1.165) is 42.9 Å². The highest BCUT2D eigenvalue weighted by atomic mass is 32.2. The van der Waals surface area contributed by atoms with Gasteiger partial charge in [0.15, 0.2) is 0 Å². The predicted molar refractivity (Wildman–Crippen MR) is 83.8 cm³/mol. The number of aliphatic hydroxyl groups excluding tert-OH is 1. The van der Waals surface area contributed by atoms with Crippen molar-refractivity contribution in [3.05, 3.63) is 16.3 Å². The van der Waals surface area contributed by atoms with E-state index in [1.165, 1.54) is 11.5 Å². The number of thiophene rings is 1. The van der Waals surface area contributed by atoms with Gasteiger partial charge >= 0.3 is 0 Å². The van der Waals surface area contributed by atoms with E-state index in [1.54, 1.807) is 18.4 Å². The van der Waals surface area contributed by atoms with Gasteiger partial charge in [-0.25, -0.2) is 0 Å². The molecule has 0 bridgehead atoms. The van der Waals surface area contributed by atoms with Gasteiger partial charge in [-0.3, -0.25) is 0 Å². The maximum Gasteiger partial charge on any atom is 0.129 e. The lowest BCUT2D eigenvalue weighted by atomic mass is 9.79. The molecule has 3 rings (SSSR count). The average molecular weight is 314 g/mol. The molecule has 1 N–H and O–H groups in total. The second kappa shape index (κ2) is 6.26. The molecule has 3 heterocycles. The second-order valence-electron chi connectivity index (χ2n) is 5.73. The molecule has 0 saturated carbocycles. The van der Waals surface area contributed by atoms with Crippen LogP contribution in [0.1, 0.15) is 36.7 Å². The van der Waals surface area contributed by atoms with Crippen LogP contribution in [0.3, 0.4) is 0 Å². The Morgan fingerprint density at radius 2 is 2.25 bits per heavy atom. The first kappa shape index (κ1) is 14.7. The second-order valence-corrected chi connectivity index (χ2v) is 7.90. The summed E-state index contributed by atoms with van der Waals surface area (Å²) >= 11 is 3.61.